The Morgan fingerprint density at radius 1 is 1.11 bits per heavy atom. The Balaban J connectivity index is 2.18. The van der Waals surface area contributed by atoms with Crippen LogP contribution in [0.1, 0.15) is 28.4 Å². The number of carbonyl (C=O) groups excluding carboxylic acids is 2. The number of aryl methyl sites for hydroxylation is 2. The van der Waals surface area contributed by atoms with Crippen molar-refractivity contribution in [3.63, 3.8) is 0 Å². The minimum Gasteiger partial charge on any atom is -0.496 e. The summed E-state index contributed by atoms with van der Waals surface area (Å²) in [6, 6.07) is 9.07. The second kappa shape index (κ2) is 8.41. The van der Waals surface area contributed by atoms with Crippen LogP contribution in [0.5, 0.6) is 5.75 Å². The highest BCUT2D eigenvalue weighted by molar-refractivity contribution is 7.89. The summed E-state index contributed by atoms with van der Waals surface area (Å²) in [4.78, 5) is 24.6. The molecule has 0 aliphatic carbocycles. The van der Waals surface area contributed by atoms with E-state index in [1.807, 2.05) is 26.0 Å². The summed E-state index contributed by atoms with van der Waals surface area (Å²) >= 11 is 0. The molecule has 28 heavy (non-hydrogen) atoms. The molecule has 1 atom stereocenters. The summed E-state index contributed by atoms with van der Waals surface area (Å²) in [5.74, 6) is -1.34. The molecule has 0 bridgehead atoms. The van der Waals surface area contributed by atoms with E-state index in [-0.39, 0.29) is 16.2 Å². The number of hydrogen-bond acceptors (Lipinski definition) is 6. The first-order valence-corrected chi connectivity index (χ1v) is 9.87. The van der Waals surface area contributed by atoms with Gasteiger partial charge in [-0.1, -0.05) is 17.7 Å². The molecule has 2 rings (SSSR count). The van der Waals surface area contributed by atoms with Gasteiger partial charge in [-0.05, 0) is 50.6 Å². The maximum absolute atomic E-state index is 12.5. The lowest BCUT2D eigenvalue weighted by atomic mass is 10.1. The first-order chi connectivity index (χ1) is 13.0. The van der Waals surface area contributed by atoms with Crippen molar-refractivity contribution < 1.29 is 27.5 Å². The van der Waals surface area contributed by atoms with Crippen LogP contribution in [0.25, 0.3) is 0 Å². The topological polar surface area (TPSA) is 125 Å². The number of sulfonamides is 1. The summed E-state index contributed by atoms with van der Waals surface area (Å²) in [6.07, 6.45) is -1.13. The number of esters is 1. The molecule has 150 valence electrons. The van der Waals surface area contributed by atoms with Gasteiger partial charge in [0.05, 0.1) is 12.0 Å². The van der Waals surface area contributed by atoms with E-state index in [0.717, 1.165) is 17.2 Å². The van der Waals surface area contributed by atoms with E-state index in [4.69, 9.17) is 14.6 Å². The third kappa shape index (κ3) is 5.08. The number of nitrogens with one attached hydrogen (secondary N) is 1. The molecule has 0 fully saturated rings. The van der Waals surface area contributed by atoms with Crippen molar-refractivity contribution in [1.82, 2.24) is 0 Å². The normalized spacial score (nSPS) is 12.2. The molecule has 9 heteroatoms. The van der Waals surface area contributed by atoms with Crippen molar-refractivity contribution in [2.75, 3.05) is 12.4 Å². The van der Waals surface area contributed by atoms with Crippen LogP contribution in [-0.4, -0.2) is 33.5 Å². The summed E-state index contributed by atoms with van der Waals surface area (Å²) in [5, 5.41) is 7.79. The quantitative estimate of drug-likeness (QED) is 0.708. The van der Waals surface area contributed by atoms with E-state index in [1.54, 1.807) is 6.07 Å². The Kier molecular flexibility index (Phi) is 6.42. The van der Waals surface area contributed by atoms with E-state index in [1.165, 1.54) is 26.2 Å². The maximum Gasteiger partial charge on any atom is 0.342 e. The van der Waals surface area contributed by atoms with Crippen molar-refractivity contribution in [3.8, 4) is 5.75 Å². The maximum atomic E-state index is 12.5. The molecule has 0 unspecified atom stereocenters. The molecule has 0 heterocycles. The van der Waals surface area contributed by atoms with Crippen LogP contribution >= 0.6 is 0 Å². The first-order valence-electron chi connectivity index (χ1n) is 8.33. The number of carbonyl (C=O) groups is 2. The van der Waals surface area contributed by atoms with Crippen molar-refractivity contribution in [3.05, 3.63) is 53.1 Å². The van der Waals surface area contributed by atoms with Gasteiger partial charge in [0.15, 0.2) is 6.10 Å². The van der Waals surface area contributed by atoms with Gasteiger partial charge in [0.25, 0.3) is 5.91 Å². The molecule has 0 saturated heterocycles. The second-order valence-electron chi connectivity index (χ2n) is 6.26. The van der Waals surface area contributed by atoms with Gasteiger partial charge in [-0.2, -0.15) is 0 Å². The number of rotatable bonds is 6. The van der Waals surface area contributed by atoms with E-state index < -0.39 is 28.0 Å². The number of amides is 1. The Morgan fingerprint density at radius 3 is 2.36 bits per heavy atom. The molecule has 0 radical (unpaired) electrons. The molecule has 8 nitrogen and oxygen atoms in total. The number of methoxy groups -OCH3 is 1. The molecule has 2 aromatic carbocycles. The summed E-state index contributed by atoms with van der Waals surface area (Å²) in [6.45, 7) is 5.20. The van der Waals surface area contributed by atoms with Crippen LogP contribution in [0.4, 0.5) is 5.69 Å². The van der Waals surface area contributed by atoms with Crippen LogP contribution in [0.3, 0.4) is 0 Å². The zero-order valence-electron chi connectivity index (χ0n) is 16.0. The molecule has 2 aromatic rings. The van der Waals surface area contributed by atoms with E-state index >= 15 is 0 Å². The molecule has 0 spiro atoms. The van der Waals surface area contributed by atoms with Gasteiger partial charge in [0, 0.05) is 5.69 Å². The monoisotopic (exact) mass is 406 g/mol. The number of benzene rings is 2. The molecule has 0 aliphatic heterocycles. The van der Waals surface area contributed by atoms with Crippen LogP contribution < -0.4 is 15.2 Å². The van der Waals surface area contributed by atoms with Gasteiger partial charge in [0.1, 0.15) is 11.3 Å². The van der Waals surface area contributed by atoms with Gasteiger partial charge in [-0.3, -0.25) is 4.79 Å². The average molecular weight is 406 g/mol. The van der Waals surface area contributed by atoms with Crippen LogP contribution in [-0.2, 0) is 19.6 Å². The first kappa shape index (κ1) is 21.4. The minimum absolute atomic E-state index is 0.0967. The largest absolute Gasteiger partial charge is 0.496 e. The summed E-state index contributed by atoms with van der Waals surface area (Å²) in [7, 11) is -2.70. The second-order valence-corrected chi connectivity index (χ2v) is 7.82. The highest BCUT2D eigenvalue weighted by Gasteiger charge is 2.23. The third-order valence-corrected chi connectivity index (χ3v) is 4.92. The van der Waals surface area contributed by atoms with Crippen molar-refractivity contribution in [2.45, 2.75) is 31.8 Å². The molecular weight excluding hydrogens is 384 g/mol. The summed E-state index contributed by atoms with van der Waals surface area (Å²) < 4.78 is 33.3. The van der Waals surface area contributed by atoms with Crippen LogP contribution in [0.15, 0.2) is 41.3 Å². The Bertz CT molecular complexity index is 1020. The number of ether oxygens (including phenoxy) is 2. The smallest absolute Gasteiger partial charge is 0.342 e. The fourth-order valence-electron chi connectivity index (χ4n) is 2.49. The minimum atomic E-state index is -4.02. The summed E-state index contributed by atoms with van der Waals surface area (Å²) in [5.41, 5.74) is 2.37. The van der Waals surface area contributed by atoms with Crippen molar-refractivity contribution in [2.24, 2.45) is 5.14 Å². The number of hydrogen-bond donors (Lipinski definition) is 2. The molecule has 1 amide bonds. The highest BCUT2D eigenvalue weighted by atomic mass is 32.2. The van der Waals surface area contributed by atoms with Crippen molar-refractivity contribution in [1.29, 1.82) is 0 Å². The lowest BCUT2D eigenvalue weighted by Crippen LogP contribution is -2.30. The van der Waals surface area contributed by atoms with Gasteiger partial charge in [0.2, 0.25) is 10.0 Å². The number of primary sulfonamides is 1. The predicted octanol–water partition coefficient (Wildman–Crippen LogP) is 2.14. The van der Waals surface area contributed by atoms with Gasteiger partial charge in [-0.15, -0.1) is 0 Å². The molecular formula is C19H22N2O6S. The van der Waals surface area contributed by atoms with Gasteiger partial charge < -0.3 is 14.8 Å². The predicted molar refractivity (Wildman–Crippen MR) is 104 cm³/mol. The van der Waals surface area contributed by atoms with Crippen LogP contribution in [0.2, 0.25) is 0 Å². The van der Waals surface area contributed by atoms with E-state index in [0.29, 0.717) is 5.69 Å². The molecule has 0 saturated carbocycles. The number of anilines is 1. The number of nitrogens with two attached hydrogens (primary N) is 1. The highest BCUT2D eigenvalue weighted by Crippen LogP contribution is 2.23. The van der Waals surface area contributed by atoms with E-state index in [2.05, 4.69) is 5.32 Å². The Morgan fingerprint density at radius 2 is 1.79 bits per heavy atom. The van der Waals surface area contributed by atoms with Crippen LogP contribution in [0, 0.1) is 13.8 Å². The van der Waals surface area contributed by atoms with E-state index in [9.17, 15) is 18.0 Å². The standard InChI is InChI=1S/C19H22N2O6S/c1-11-5-7-16(12(2)9-11)21-18(22)13(3)27-19(23)15-10-14(28(20,24)25)6-8-17(15)26-4/h5-10,13H,1-4H3,(H,21,22)(H2,20,24,25)/t13-/m0/s1. The lowest BCUT2D eigenvalue weighted by Gasteiger charge is -2.16. The fourth-order valence-corrected chi connectivity index (χ4v) is 3.03. The van der Waals surface area contributed by atoms with Gasteiger partial charge in [-0.25, -0.2) is 18.4 Å². The Hall–Kier alpha value is -2.91. The zero-order chi connectivity index (χ0) is 21.1. The zero-order valence-corrected chi connectivity index (χ0v) is 16.8. The average Bonchev–Trinajstić information content (AvgIpc) is 2.62. The molecule has 3 N–H and O–H groups in total. The van der Waals surface area contributed by atoms with Gasteiger partial charge >= 0.3 is 5.97 Å². The molecule has 0 aliphatic rings. The molecule has 0 aromatic heterocycles. The fraction of sp³-hybridized carbons (Fsp3) is 0.263. The SMILES string of the molecule is COc1ccc(S(N)(=O)=O)cc1C(=O)O[C@@H](C)C(=O)Nc1ccc(C)cc1C. The Labute approximate surface area is 163 Å². The third-order valence-electron chi connectivity index (χ3n) is 4.01. The van der Waals surface area contributed by atoms with Crippen molar-refractivity contribution >= 4 is 27.6 Å². The lowest BCUT2D eigenvalue weighted by molar-refractivity contribution is -0.123.